The van der Waals surface area contributed by atoms with Crippen LogP contribution in [0.1, 0.15) is 17.3 Å². The molecular weight excluding hydrogens is 295 g/mol. The highest BCUT2D eigenvalue weighted by Crippen LogP contribution is 2.16. The molecule has 3 nitrogen and oxygen atoms in total. The highest BCUT2D eigenvalue weighted by Gasteiger charge is 2.12. The Balaban J connectivity index is 2.81. The van der Waals surface area contributed by atoms with Crippen LogP contribution in [0.3, 0.4) is 0 Å². The van der Waals surface area contributed by atoms with Gasteiger partial charge in [-0.3, -0.25) is 4.79 Å². The maximum Gasteiger partial charge on any atom is 0.251 e. The summed E-state index contributed by atoms with van der Waals surface area (Å²) in [5.74, 6) is -0.901. The molecule has 0 aromatic heterocycles. The van der Waals surface area contributed by atoms with E-state index in [9.17, 15) is 9.18 Å². The van der Waals surface area contributed by atoms with Crippen LogP contribution in [0, 0.1) is 5.82 Å². The molecule has 0 spiro atoms. The number of nitrogens with one attached hydrogen (secondary N) is 1. The van der Waals surface area contributed by atoms with Crippen molar-refractivity contribution in [1.82, 2.24) is 5.32 Å². The Labute approximate surface area is 106 Å². The van der Waals surface area contributed by atoms with E-state index in [1.165, 1.54) is 12.1 Å². The molecule has 0 fully saturated rings. The van der Waals surface area contributed by atoms with E-state index in [-0.39, 0.29) is 10.6 Å². The quantitative estimate of drug-likeness (QED) is 0.840. The highest BCUT2D eigenvalue weighted by molar-refractivity contribution is 9.10. The summed E-state index contributed by atoms with van der Waals surface area (Å²) in [6, 6.07) is 3.70. The Bertz CT molecular complexity index is 439. The van der Waals surface area contributed by atoms with Gasteiger partial charge in [-0.2, -0.15) is 0 Å². The third-order valence-electron chi connectivity index (χ3n) is 1.96. The molecule has 0 aliphatic heterocycles. The Morgan fingerprint density at radius 1 is 1.62 bits per heavy atom. The number of rotatable bonds is 3. The fourth-order valence-electron chi connectivity index (χ4n) is 0.988. The maximum absolute atomic E-state index is 13.2. The molecule has 1 atom stereocenters. The van der Waals surface area contributed by atoms with Crippen molar-refractivity contribution in [2.75, 3.05) is 0 Å². The van der Waals surface area contributed by atoms with Crippen LogP contribution < -0.4 is 11.1 Å². The summed E-state index contributed by atoms with van der Waals surface area (Å²) >= 11 is 7.72. The predicted molar refractivity (Wildman–Crippen MR) is 67.8 cm³/mol. The van der Waals surface area contributed by atoms with E-state index in [1.807, 2.05) is 0 Å². The van der Waals surface area contributed by atoms with Gasteiger partial charge in [0.05, 0.1) is 15.5 Å². The smallest absolute Gasteiger partial charge is 0.251 e. The monoisotopic (exact) mass is 304 g/mol. The molecule has 16 heavy (non-hydrogen) atoms. The van der Waals surface area contributed by atoms with E-state index in [0.717, 1.165) is 6.07 Å². The van der Waals surface area contributed by atoms with Gasteiger partial charge < -0.3 is 11.1 Å². The van der Waals surface area contributed by atoms with E-state index in [0.29, 0.717) is 4.47 Å². The minimum Gasteiger partial charge on any atom is -0.392 e. The molecule has 0 heterocycles. The second-order valence-corrected chi connectivity index (χ2v) is 4.55. The molecule has 1 rings (SSSR count). The van der Waals surface area contributed by atoms with Crippen LogP contribution >= 0.6 is 28.1 Å². The number of benzene rings is 1. The first-order chi connectivity index (χ1) is 7.41. The van der Waals surface area contributed by atoms with Crippen molar-refractivity contribution in [3.05, 3.63) is 34.1 Å². The lowest BCUT2D eigenvalue weighted by molar-refractivity contribution is 0.0949. The Kier molecular flexibility index (Phi) is 4.37. The number of carbonyl (C=O) groups is 1. The summed E-state index contributed by atoms with van der Waals surface area (Å²) in [6.45, 7) is 1.66. The molecule has 86 valence electrons. The second-order valence-electron chi connectivity index (χ2n) is 3.23. The Morgan fingerprint density at radius 3 is 2.75 bits per heavy atom. The summed E-state index contributed by atoms with van der Waals surface area (Å²) in [7, 11) is 0. The third-order valence-corrected chi connectivity index (χ3v) is 2.95. The van der Waals surface area contributed by atoms with Crippen LogP contribution in [0.5, 0.6) is 0 Å². The summed E-state index contributed by atoms with van der Waals surface area (Å²) in [4.78, 5) is 11.8. The number of hydrogen-bond donors (Lipinski definition) is 2. The van der Waals surface area contributed by atoms with Gasteiger partial charge in [-0.1, -0.05) is 12.2 Å². The fraction of sp³-hybridized carbons (Fsp3) is 0.200. The van der Waals surface area contributed by atoms with Gasteiger partial charge in [-0.25, -0.2) is 4.39 Å². The van der Waals surface area contributed by atoms with Gasteiger partial charge in [0.1, 0.15) is 5.82 Å². The first-order valence-electron chi connectivity index (χ1n) is 4.47. The van der Waals surface area contributed by atoms with E-state index in [2.05, 4.69) is 21.2 Å². The average molecular weight is 305 g/mol. The highest BCUT2D eigenvalue weighted by atomic mass is 79.9. The zero-order valence-corrected chi connectivity index (χ0v) is 10.9. The van der Waals surface area contributed by atoms with Crippen molar-refractivity contribution in [1.29, 1.82) is 0 Å². The SMILES string of the molecule is CC(NC(=O)c1ccc(Br)c(F)c1)C(N)=S. The lowest BCUT2D eigenvalue weighted by Gasteiger charge is -2.12. The van der Waals surface area contributed by atoms with Crippen molar-refractivity contribution in [2.24, 2.45) is 5.73 Å². The van der Waals surface area contributed by atoms with E-state index in [1.54, 1.807) is 6.92 Å². The topological polar surface area (TPSA) is 55.1 Å². The normalized spacial score (nSPS) is 11.9. The van der Waals surface area contributed by atoms with E-state index < -0.39 is 17.8 Å². The number of carbonyl (C=O) groups excluding carboxylic acids is 1. The van der Waals surface area contributed by atoms with Gasteiger partial charge in [0.2, 0.25) is 0 Å². The zero-order chi connectivity index (χ0) is 12.3. The lowest BCUT2D eigenvalue weighted by Crippen LogP contribution is -2.41. The summed E-state index contributed by atoms with van der Waals surface area (Å²) < 4.78 is 13.5. The summed E-state index contributed by atoms with van der Waals surface area (Å²) in [6.07, 6.45) is 0. The van der Waals surface area contributed by atoms with Gasteiger partial charge in [0.15, 0.2) is 0 Å². The lowest BCUT2D eigenvalue weighted by atomic mass is 10.2. The van der Waals surface area contributed by atoms with Crippen LogP contribution in [-0.2, 0) is 0 Å². The summed E-state index contributed by atoms with van der Waals surface area (Å²) in [5.41, 5.74) is 5.58. The van der Waals surface area contributed by atoms with E-state index >= 15 is 0 Å². The van der Waals surface area contributed by atoms with Crippen molar-refractivity contribution < 1.29 is 9.18 Å². The van der Waals surface area contributed by atoms with Crippen LogP contribution in [0.15, 0.2) is 22.7 Å². The average Bonchev–Trinajstić information content (AvgIpc) is 2.21. The van der Waals surface area contributed by atoms with Gasteiger partial charge in [-0.15, -0.1) is 0 Å². The summed E-state index contributed by atoms with van der Waals surface area (Å²) in [5, 5.41) is 2.56. The van der Waals surface area contributed by atoms with Crippen LogP contribution in [0.25, 0.3) is 0 Å². The van der Waals surface area contributed by atoms with Gasteiger partial charge in [0, 0.05) is 5.56 Å². The number of amides is 1. The van der Waals surface area contributed by atoms with Crippen molar-refractivity contribution in [2.45, 2.75) is 13.0 Å². The Hall–Kier alpha value is -1.01. The standard InChI is InChI=1S/C10H10BrFN2OS/c1-5(9(13)16)14-10(15)6-2-3-7(11)8(12)4-6/h2-5H,1H3,(H2,13,16)(H,14,15). The molecule has 0 saturated carbocycles. The molecule has 3 N–H and O–H groups in total. The first kappa shape index (κ1) is 13.1. The van der Waals surface area contributed by atoms with E-state index in [4.69, 9.17) is 18.0 Å². The van der Waals surface area contributed by atoms with Crippen LogP contribution in [0.2, 0.25) is 0 Å². The van der Waals surface area contributed by atoms with Crippen LogP contribution in [-0.4, -0.2) is 16.9 Å². The first-order valence-corrected chi connectivity index (χ1v) is 5.67. The molecule has 1 aromatic carbocycles. The largest absolute Gasteiger partial charge is 0.392 e. The van der Waals surface area contributed by atoms with Crippen molar-refractivity contribution >= 4 is 39.0 Å². The molecule has 0 radical (unpaired) electrons. The number of nitrogens with two attached hydrogens (primary N) is 1. The minimum absolute atomic E-state index is 0.186. The molecule has 6 heteroatoms. The third kappa shape index (κ3) is 3.24. The molecule has 1 aromatic rings. The molecule has 0 aliphatic rings. The molecular formula is C10H10BrFN2OS. The molecule has 0 saturated heterocycles. The molecule has 1 unspecified atom stereocenters. The fourth-order valence-corrected chi connectivity index (χ4v) is 1.29. The van der Waals surface area contributed by atoms with Crippen LogP contribution in [0.4, 0.5) is 4.39 Å². The number of halogens is 2. The zero-order valence-electron chi connectivity index (χ0n) is 8.46. The molecule has 1 amide bonds. The predicted octanol–water partition coefficient (Wildman–Crippen LogP) is 1.99. The van der Waals surface area contributed by atoms with Gasteiger partial charge in [0.25, 0.3) is 5.91 Å². The number of thiocarbonyl (C=S) groups is 1. The van der Waals surface area contributed by atoms with Gasteiger partial charge in [-0.05, 0) is 41.1 Å². The Morgan fingerprint density at radius 2 is 2.25 bits per heavy atom. The molecule has 0 aliphatic carbocycles. The maximum atomic E-state index is 13.2. The number of hydrogen-bond acceptors (Lipinski definition) is 2. The minimum atomic E-state index is -0.490. The van der Waals surface area contributed by atoms with Gasteiger partial charge >= 0.3 is 0 Å². The second kappa shape index (κ2) is 5.36. The van der Waals surface area contributed by atoms with Crippen molar-refractivity contribution in [3.63, 3.8) is 0 Å². The van der Waals surface area contributed by atoms with Crippen molar-refractivity contribution in [3.8, 4) is 0 Å². The molecule has 0 bridgehead atoms.